The van der Waals surface area contributed by atoms with Gasteiger partial charge in [-0.1, -0.05) is 22.8 Å². The van der Waals surface area contributed by atoms with E-state index in [0.29, 0.717) is 27.9 Å². The lowest BCUT2D eigenvalue weighted by Gasteiger charge is -2.04. The van der Waals surface area contributed by atoms with Gasteiger partial charge in [0.25, 0.3) is 0 Å². The van der Waals surface area contributed by atoms with Gasteiger partial charge in [-0.2, -0.15) is 4.98 Å². The Kier molecular flexibility index (Phi) is 3.40. The highest BCUT2D eigenvalue weighted by molar-refractivity contribution is 6.33. The second-order valence-electron chi connectivity index (χ2n) is 3.57. The molecule has 0 aliphatic carbocycles. The van der Waals surface area contributed by atoms with Crippen molar-refractivity contribution in [2.75, 3.05) is 0 Å². The highest BCUT2D eigenvalue weighted by atomic mass is 35.5. The number of halogens is 2. The van der Waals surface area contributed by atoms with Crippen LogP contribution in [-0.4, -0.2) is 10.1 Å². The Balaban J connectivity index is 2.39. The lowest BCUT2D eigenvalue weighted by atomic mass is 10.1. The molecule has 0 amide bonds. The molecule has 0 radical (unpaired) electrons. The topological polar surface area (TPSA) is 64.9 Å². The summed E-state index contributed by atoms with van der Waals surface area (Å²) < 4.78 is 18.0. The van der Waals surface area contributed by atoms with Crippen molar-refractivity contribution in [3.63, 3.8) is 0 Å². The van der Waals surface area contributed by atoms with Crippen LogP contribution in [0.4, 0.5) is 4.39 Å². The number of alkyl halides is 1. The van der Waals surface area contributed by atoms with Crippen molar-refractivity contribution in [1.82, 2.24) is 10.1 Å². The first-order chi connectivity index (χ1) is 8.11. The van der Waals surface area contributed by atoms with Crippen LogP contribution in [-0.2, 0) is 6.54 Å². The van der Waals surface area contributed by atoms with Crippen LogP contribution < -0.4 is 5.73 Å². The number of hydrogen-bond donors (Lipinski definition) is 1. The maximum Gasteiger partial charge on any atom is 0.240 e. The maximum absolute atomic E-state index is 13.1. The molecule has 1 atom stereocenters. The third-order valence-corrected chi connectivity index (χ3v) is 2.65. The zero-order chi connectivity index (χ0) is 12.4. The summed E-state index contributed by atoms with van der Waals surface area (Å²) in [5.41, 5.74) is 6.48. The van der Waals surface area contributed by atoms with Crippen molar-refractivity contribution in [3.05, 3.63) is 34.7 Å². The molecule has 2 rings (SSSR count). The second-order valence-corrected chi connectivity index (χ2v) is 3.98. The van der Waals surface area contributed by atoms with E-state index in [2.05, 4.69) is 10.1 Å². The number of rotatable bonds is 3. The van der Waals surface area contributed by atoms with Gasteiger partial charge in [-0.3, -0.25) is 0 Å². The average molecular weight is 256 g/mol. The Morgan fingerprint density at radius 2 is 2.29 bits per heavy atom. The standard InChI is InChI=1S/C11H11ClFN3O/c1-6(13)7-2-3-8(9(12)4-7)11-15-10(5-14)17-16-11/h2-4,6H,5,14H2,1H3. The molecular weight excluding hydrogens is 245 g/mol. The van der Waals surface area contributed by atoms with Crippen molar-refractivity contribution < 1.29 is 8.91 Å². The molecule has 0 aliphatic heterocycles. The number of nitrogens with zero attached hydrogens (tertiary/aromatic N) is 2. The van der Waals surface area contributed by atoms with Crippen molar-refractivity contribution in [1.29, 1.82) is 0 Å². The summed E-state index contributed by atoms with van der Waals surface area (Å²) in [5.74, 6) is 0.688. The highest BCUT2D eigenvalue weighted by Crippen LogP contribution is 2.29. The van der Waals surface area contributed by atoms with Crippen LogP contribution >= 0.6 is 11.6 Å². The second kappa shape index (κ2) is 4.81. The van der Waals surface area contributed by atoms with Gasteiger partial charge in [-0.05, 0) is 24.6 Å². The van der Waals surface area contributed by atoms with Crippen molar-refractivity contribution in [3.8, 4) is 11.4 Å². The normalized spacial score (nSPS) is 12.7. The Morgan fingerprint density at radius 3 is 2.82 bits per heavy atom. The van der Waals surface area contributed by atoms with Crippen LogP contribution in [0.25, 0.3) is 11.4 Å². The van der Waals surface area contributed by atoms with Gasteiger partial charge in [0.15, 0.2) is 0 Å². The van der Waals surface area contributed by atoms with Gasteiger partial charge in [0.1, 0.15) is 6.17 Å². The lowest BCUT2D eigenvalue weighted by Crippen LogP contribution is -1.95. The van der Waals surface area contributed by atoms with Gasteiger partial charge in [0, 0.05) is 5.56 Å². The van der Waals surface area contributed by atoms with E-state index in [1.165, 1.54) is 6.92 Å². The minimum absolute atomic E-state index is 0.171. The summed E-state index contributed by atoms with van der Waals surface area (Å²) in [6, 6.07) is 4.86. The molecule has 90 valence electrons. The van der Waals surface area contributed by atoms with Crippen LogP contribution in [0.1, 0.15) is 24.5 Å². The molecule has 0 saturated carbocycles. The van der Waals surface area contributed by atoms with E-state index in [-0.39, 0.29) is 6.54 Å². The summed E-state index contributed by atoms with van der Waals surface area (Å²) in [6.45, 7) is 1.62. The van der Waals surface area contributed by atoms with Crippen molar-refractivity contribution in [2.45, 2.75) is 19.6 Å². The number of hydrogen-bond acceptors (Lipinski definition) is 4. The molecule has 1 unspecified atom stereocenters. The molecule has 4 nitrogen and oxygen atoms in total. The summed E-state index contributed by atoms with van der Waals surface area (Å²) >= 11 is 6.04. The molecule has 0 aliphatic rings. The first-order valence-corrected chi connectivity index (χ1v) is 5.46. The third-order valence-electron chi connectivity index (χ3n) is 2.34. The average Bonchev–Trinajstić information content (AvgIpc) is 2.77. The van der Waals surface area contributed by atoms with Crippen LogP contribution in [0.5, 0.6) is 0 Å². The summed E-state index contributed by atoms with van der Waals surface area (Å²) in [6.07, 6.45) is -1.06. The van der Waals surface area contributed by atoms with Gasteiger partial charge >= 0.3 is 0 Å². The van der Waals surface area contributed by atoms with E-state index in [4.69, 9.17) is 21.9 Å². The molecule has 2 aromatic rings. The molecule has 1 heterocycles. The largest absolute Gasteiger partial charge is 0.338 e. The fraction of sp³-hybridized carbons (Fsp3) is 0.273. The maximum atomic E-state index is 13.1. The molecule has 0 spiro atoms. The molecule has 6 heteroatoms. The van der Waals surface area contributed by atoms with E-state index < -0.39 is 6.17 Å². The highest BCUT2D eigenvalue weighted by Gasteiger charge is 2.13. The molecule has 0 fully saturated rings. The fourth-order valence-corrected chi connectivity index (χ4v) is 1.68. The van der Waals surface area contributed by atoms with Gasteiger partial charge in [-0.15, -0.1) is 0 Å². The predicted molar refractivity (Wildman–Crippen MR) is 62.2 cm³/mol. The SMILES string of the molecule is CC(F)c1ccc(-c2noc(CN)n2)c(Cl)c1. The van der Waals surface area contributed by atoms with E-state index >= 15 is 0 Å². The molecule has 1 aromatic heterocycles. The van der Waals surface area contributed by atoms with Gasteiger partial charge in [-0.25, -0.2) is 4.39 Å². The van der Waals surface area contributed by atoms with Crippen molar-refractivity contribution >= 4 is 11.6 Å². The van der Waals surface area contributed by atoms with E-state index in [9.17, 15) is 4.39 Å². The molecular formula is C11H11ClFN3O. The molecule has 0 saturated heterocycles. The fourth-order valence-electron chi connectivity index (χ4n) is 1.41. The van der Waals surface area contributed by atoms with Crippen LogP contribution in [0.2, 0.25) is 5.02 Å². The predicted octanol–water partition coefficient (Wildman–Crippen LogP) is 2.88. The minimum Gasteiger partial charge on any atom is -0.338 e. The van der Waals surface area contributed by atoms with E-state index in [1.54, 1.807) is 18.2 Å². The zero-order valence-electron chi connectivity index (χ0n) is 9.15. The van der Waals surface area contributed by atoms with Gasteiger partial charge in [0.05, 0.1) is 11.6 Å². The summed E-state index contributed by atoms with van der Waals surface area (Å²) in [4.78, 5) is 4.05. The number of nitrogens with two attached hydrogens (primary N) is 1. The Morgan fingerprint density at radius 1 is 1.53 bits per heavy atom. The Hall–Kier alpha value is -1.46. The molecule has 1 aromatic carbocycles. The first kappa shape index (κ1) is 12.0. The minimum atomic E-state index is -1.06. The van der Waals surface area contributed by atoms with Gasteiger partial charge < -0.3 is 10.3 Å². The molecule has 17 heavy (non-hydrogen) atoms. The zero-order valence-corrected chi connectivity index (χ0v) is 9.91. The lowest BCUT2D eigenvalue weighted by molar-refractivity contribution is 0.374. The number of benzene rings is 1. The summed E-state index contributed by atoms with van der Waals surface area (Å²) in [7, 11) is 0. The van der Waals surface area contributed by atoms with Crippen molar-refractivity contribution in [2.24, 2.45) is 5.73 Å². The molecule has 0 bridgehead atoms. The van der Waals surface area contributed by atoms with Crippen LogP contribution in [0.15, 0.2) is 22.7 Å². The first-order valence-electron chi connectivity index (χ1n) is 5.08. The summed E-state index contributed by atoms with van der Waals surface area (Å²) in [5, 5.41) is 4.13. The van der Waals surface area contributed by atoms with Gasteiger partial charge in [0.2, 0.25) is 11.7 Å². The van der Waals surface area contributed by atoms with E-state index in [1.807, 2.05) is 0 Å². The molecule has 2 N–H and O–H groups in total. The third kappa shape index (κ3) is 2.45. The smallest absolute Gasteiger partial charge is 0.240 e. The Labute approximate surface area is 103 Å². The van der Waals surface area contributed by atoms with Crippen LogP contribution in [0.3, 0.4) is 0 Å². The number of aromatic nitrogens is 2. The monoisotopic (exact) mass is 255 g/mol. The van der Waals surface area contributed by atoms with Crippen LogP contribution in [0, 0.1) is 0 Å². The Bertz CT molecular complexity index is 527. The van der Waals surface area contributed by atoms with E-state index in [0.717, 1.165) is 0 Å². The quantitative estimate of drug-likeness (QED) is 0.916.